The van der Waals surface area contributed by atoms with Gasteiger partial charge in [0.15, 0.2) is 0 Å². The van der Waals surface area contributed by atoms with Crippen LogP contribution in [0, 0.1) is 27.7 Å². The van der Waals surface area contributed by atoms with E-state index in [1.165, 1.54) is 27.8 Å². The molecule has 2 rings (SSSR count). The van der Waals surface area contributed by atoms with E-state index < -0.39 is 0 Å². The molecule has 4 heteroatoms. The highest BCUT2D eigenvalue weighted by Gasteiger charge is 2.18. The molecule has 0 unspecified atom stereocenters. The average Bonchev–Trinajstić information content (AvgIpc) is 2.76. The number of benzene rings is 1. The van der Waals surface area contributed by atoms with Crippen molar-refractivity contribution in [3.63, 3.8) is 0 Å². The number of aryl methyl sites for hydroxylation is 2. The van der Waals surface area contributed by atoms with Crippen molar-refractivity contribution >= 4 is 15.9 Å². The topological polar surface area (TPSA) is 40.7 Å². The Morgan fingerprint density at radius 1 is 1.15 bits per heavy atom. The minimum absolute atomic E-state index is 0.936. The molecule has 0 bridgehead atoms. The molecule has 0 saturated heterocycles. The molecule has 3 nitrogen and oxygen atoms in total. The molecule has 0 radical (unpaired) electrons. The van der Waals surface area contributed by atoms with Crippen LogP contribution in [0.5, 0.6) is 0 Å². The van der Waals surface area contributed by atoms with Crippen molar-refractivity contribution in [2.45, 2.75) is 34.1 Å². The predicted molar refractivity (Wildman–Crippen MR) is 88.3 cm³/mol. The summed E-state index contributed by atoms with van der Waals surface area (Å²) in [5, 5.41) is 10.9. The van der Waals surface area contributed by atoms with Gasteiger partial charge in [-0.2, -0.15) is 5.10 Å². The number of aromatic nitrogens is 2. The van der Waals surface area contributed by atoms with E-state index in [9.17, 15) is 0 Å². The molecule has 1 heterocycles. The molecule has 0 amide bonds. The van der Waals surface area contributed by atoms with Gasteiger partial charge in [-0.1, -0.05) is 6.07 Å². The Balaban J connectivity index is 2.55. The van der Waals surface area contributed by atoms with E-state index in [1.54, 1.807) is 0 Å². The lowest BCUT2D eigenvalue weighted by atomic mass is 9.92. The molecule has 0 saturated carbocycles. The van der Waals surface area contributed by atoms with Crippen LogP contribution in [0.2, 0.25) is 0 Å². The van der Waals surface area contributed by atoms with Gasteiger partial charge >= 0.3 is 0 Å². The van der Waals surface area contributed by atoms with Crippen molar-refractivity contribution < 1.29 is 0 Å². The number of nitrogens with one attached hydrogen (secondary N) is 2. The monoisotopic (exact) mass is 335 g/mol. The maximum Gasteiger partial charge on any atom is 0.107 e. The number of halogens is 1. The van der Waals surface area contributed by atoms with Crippen LogP contribution >= 0.6 is 15.9 Å². The molecule has 2 N–H and O–H groups in total. The van der Waals surface area contributed by atoms with Gasteiger partial charge in [-0.25, -0.2) is 0 Å². The number of rotatable bonds is 4. The van der Waals surface area contributed by atoms with Crippen LogP contribution in [0.4, 0.5) is 0 Å². The summed E-state index contributed by atoms with van der Waals surface area (Å²) >= 11 is 3.71. The molecule has 1 aromatic heterocycles. The molecule has 20 heavy (non-hydrogen) atoms. The van der Waals surface area contributed by atoms with Gasteiger partial charge in [0.05, 0.1) is 10.2 Å². The third kappa shape index (κ3) is 2.67. The van der Waals surface area contributed by atoms with Gasteiger partial charge in [0.2, 0.25) is 0 Å². The lowest BCUT2D eigenvalue weighted by Gasteiger charge is -2.14. The lowest BCUT2D eigenvalue weighted by Crippen LogP contribution is -2.10. The first kappa shape index (κ1) is 15.3. The standard InChI is InChI=1S/C16H22BrN3/c1-9-8-10(2)12(4)14(11(9)3)16-15(17)13(19-20-16)6-7-18-5/h8,18H,6-7H2,1-5H3,(H,19,20). The van der Waals surface area contributed by atoms with Crippen LogP contribution in [0.1, 0.15) is 27.9 Å². The second-order valence-electron chi connectivity index (χ2n) is 5.35. The Kier molecular flexibility index (Phi) is 4.66. The summed E-state index contributed by atoms with van der Waals surface area (Å²) < 4.78 is 1.09. The van der Waals surface area contributed by atoms with Crippen LogP contribution in [-0.2, 0) is 6.42 Å². The third-order valence-electron chi connectivity index (χ3n) is 4.00. The SMILES string of the molecule is CNCCc1[nH]nc(-c2c(C)c(C)cc(C)c2C)c1Br. The Morgan fingerprint density at radius 3 is 2.30 bits per heavy atom. The summed E-state index contributed by atoms with van der Waals surface area (Å²) in [4.78, 5) is 0. The van der Waals surface area contributed by atoms with Crippen LogP contribution in [0.3, 0.4) is 0 Å². The smallest absolute Gasteiger partial charge is 0.107 e. The number of aromatic amines is 1. The minimum atomic E-state index is 0.936. The summed E-state index contributed by atoms with van der Waals surface area (Å²) in [6.07, 6.45) is 0.937. The molecule has 0 atom stereocenters. The maximum absolute atomic E-state index is 4.54. The largest absolute Gasteiger partial charge is 0.319 e. The van der Waals surface area contributed by atoms with Crippen LogP contribution in [0.25, 0.3) is 11.3 Å². The third-order valence-corrected chi connectivity index (χ3v) is 4.86. The molecule has 0 aliphatic rings. The molecular weight excluding hydrogens is 314 g/mol. The fraction of sp³-hybridized carbons (Fsp3) is 0.438. The molecule has 0 spiro atoms. The van der Waals surface area contributed by atoms with Gasteiger partial charge in [-0.3, -0.25) is 5.10 Å². The molecule has 108 valence electrons. The molecular formula is C16H22BrN3. The first-order valence-corrected chi connectivity index (χ1v) is 7.71. The van der Waals surface area contributed by atoms with Crippen molar-refractivity contribution in [2.75, 3.05) is 13.6 Å². The first-order chi connectivity index (χ1) is 9.47. The maximum atomic E-state index is 4.54. The lowest BCUT2D eigenvalue weighted by molar-refractivity contribution is 0.770. The van der Waals surface area contributed by atoms with Crippen molar-refractivity contribution in [3.8, 4) is 11.3 Å². The number of hydrogen-bond acceptors (Lipinski definition) is 2. The van der Waals surface area contributed by atoms with E-state index >= 15 is 0 Å². The Morgan fingerprint density at radius 2 is 1.75 bits per heavy atom. The second kappa shape index (κ2) is 6.10. The Hall–Kier alpha value is -1.13. The summed E-state index contributed by atoms with van der Waals surface area (Å²) in [6, 6.07) is 2.25. The van der Waals surface area contributed by atoms with Gasteiger partial charge < -0.3 is 5.32 Å². The zero-order valence-corrected chi connectivity index (χ0v) is 14.4. The van der Waals surface area contributed by atoms with Crippen LogP contribution in [0.15, 0.2) is 10.5 Å². The Labute approximate surface area is 129 Å². The average molecular weight is 336 g/mol. The van der Waals surface area contributed by atoms with Gasteiger partial charge in [0.1, 0.15) is 5.69 Å². The number of H-pyrrole nitrogens is 1. The quantitative estimate of drug-likeness (QED) is 0.891. The van der Waals surface area contributed by atoms with E-state index in [-0.39, 0.29) is 0 Å². The highest BCUT2D eigenvalue weighted by Crippen LogP contribution is 2.36. The van der Waals surface area contributed by atoms with Gasteiger partial charge in [-0.05, 0) is 72.9 Å². The molecule has 0 fully saturated rings. The summed E-state index contributed by atoms with van der Waals surface area (Å²) in [5.74, 6) is 0. The van der Waals surface area contributed by atoms with E-state index in [0.29, 0.717) is 0 Å². The number of nitrogens with zero attached hydrogens (tertiary/aromatic N) is 1. The molecule has 1 aromatic carbocycles. The molecule has 0 aliphatic heterocycles. The van der Waals surface area contributed by atoms with E-state index in [0.717, 1.165) is 28.8 Å². The van der Waals surface area contributed by atoms with Crippen LogP contribution < -0.4 is 5.32 Å². The number of likely N-dealkylation sites (N-methyl/N-ethyl adjacent to an activating group) is 1. The minimum Gasteiger partial charge on any atom is -0.319 e. The fourth-order valence-corrected chi connectivity index (χ4v) is 3.09. The predicted octanol–water partition coefficient (Wildman–Crippen LogP) is 3.83. The summed E-state index contributed by atoms with van der Waals surface area (Å²) in [7, 11) is 1.96. The van der Waals surface area contributed by atoms with Crippen LogP contribution in [-0.4, -0.2) is 23.8 Å². The normalized spacial score (nSPS) is 11.1. The van der Waals surface area contributed by atoms with Gasteiger partial charge in [-0.15, -0.1) is 0 Å². The summed E-state index contributed by atoms with van der Waals surface area (Å²) in [6.45, 7) is 9.60. The van der Waals surface area contributed by atoms with Gasteiger partial charge in [0.25, 0.3) is 0 Å². The van der Waals surface area contributed by atoms with E-state index in [1.807, 2.05) is 7.05 Å². The molecule has 2 aromatic rings. The van der Waals surface area contributed by atoms with Gasteiger partial charge in [0, 0.05) is 18.5 Å². The van der Waals surface area contributed by atoms with E-state index in [4.69, 9.17) is 0 Å². The van der Waals surface area contributed by atoms with Crippen molar-refractivity contribution in [1.82, 2.24) is 15.5 Å². The van der Waals surface area contributed by atoms with E-state index in [2.05, 4.69) is 65.2 Å². The fourth-order valence-electron chi connectivity index (χ4n) is 2.52. The van der Waals surface area contributed by atoms with Crippen molar-refractivity contribution in [2.24, 2.45) is 0 Å². The zero-order chi connectivity index (χ0) is 14.9. The number of hydrogen-bond donors (Lipinski definition) is 2. The highest BCUT2D eigenvalue weighted by atomic mass is 79.9. The Bertz CT molecular complexity index is 603. The zero-order valence-electron chi connectivity index (χ0n) is 12.8. The second-order valence-corrected chi connectivity index (χ2v) is 6.15. The summed E-state index contributed by atoms with van der Waals surface area (Å²) in [5.41, 5.74) is 8.66. The van der Waals surface area contributed by atoms with Crippen molar-refractivity contribution in [3.05, 3.63) is 38.5 Å². The molecule has 0 aliphatic carbocycles. The van der Waals surface area contributed by atoms with Crippen molar-refractivity contribution in [1.29, 1.82) is 0 Å². The highest BCUT2D eigenvalue weighted by molar-refractivity contribution is 9.10. The first-order valence-electron chi connectivity index (χ1n) is 6.92.